The van der Waals surface area contributed by atoms with Gasteiger partial charge in [0, 0.05) is 29.2 Å². The van der Waals surface area contributed by atoms with E-state index in [1.165, 1.54) is 0 Å². The van der Waals surface area contributed by atoms with Crippen molar-refractivity contribution in [2.45, 2.75) is 6.92 Å². The molecule has 7 heteroatoms. The van der Waals surface area contributed by atoms with E-state index in [0.29, 0.717) is 11.0 Å². The van der Waals surface area contributed by atoms with Gasteiger partial charge in [0.25, 0.3) is 0 Å². The van der Waals surface area contributed by atoms with Crippen LogP contribution in [0.1, 0.15) is 12.6 Å². The maximum absolute atomic E-state index is 6.02. The number of anilines is 1. The Morgan fingerprint density at radius 3 is 2.56 bits per heavy atom. The topological polar surface area (TPSA) is 68.0 Å². The van der Waals surface area contributed by atoms with Crippen molar-refractivity contribution in [1.82, 2.24) is 19.7 Å². The Hall–Kier alpha value is -3.25. The molecule has 0 spiro atoms. The van der Waals surface area contributed by atoms with Gasteiger partial charge in [-0.15, -0.1) is 0 Å². The molecule has 0 amide bonds. The summed E-state index contributed by atoms with van der Waals surface area (Å²) in [7, 11) is 1.87. The molecular formula is C20H17ClN6. The first kappa shape index (κ1) is 17.2. The number of hydrogen-bond acceptors (Lipinski definition) is 5. The van der Waals surface area contributed by atoms with Gasteiger partial charge in [-0.3, -0.25) is 4.68 Å². The fraction of sp³-hybridized carbons (Fsp3) is 0.100. The van der Waals surface area contributed by atoms with Crippen LogP contribution in [-0.2, 0) is 7.05 Å². The lowest BCUT2D eigenvalue weighted by atomic mass is 10.1. The van der Waals surface area contributed by atoms with Crippen molar-refractivity contribution < 1.29 is 0 Å². The zero-order valence-corrected chi connectivity index (χ0v) is 15.6. The van der Waals surface area contributed by atoms with Gasteiger partial charge in [-0.25, -0.2) is 15.4 Å². The summed E-state index contributed by atoms with van der Waals surface area (Å²) < 4.78 is 1.76. The molecule has 2 heterocycles. The molecule has 0 aliphatic carbocycles. The predicted molar refractivity (Wildman–Crippen MR) is 109 cm³/mol. The van der Waals surface area contributed by atoms with Crippen LogP contribution in [0.15, 0.2) is 65.9 Å². The van der Waals surface area contributed by atoms with Crippen LogP contribution in [0.25, 0.3) is 22.2 Å². The number of fused-ring (bicyclic) bond motifs is 1. The van der Waals surface area contributed by atoms with Crippen molar-refractivity contribution in [2.75, 3.05) is 5.43 Å². The largest absolute Gasteiger partial charge is 0.267 e. The lowest BCUT2D eigenvalue weighted by Gasteiger charge is -2.09. The van der Waals surface area contributed by atoms with Crippen LogP contribution in [0.2, 0.25) is 5.02 Å². The zero-order valence-electron chi connectivity index (χ0n) is 14.9. The number of nitrogens with one attached hydrogen (secondary N) is 1. The summed E-state index contributed by atoms with van der Waals surface area (Å²) in [6.07, 6.45) is 1.74. The van der Waals surface area contributed by atoms with Crippen LogP contribution in [0.4, 0.5) is 5.95 Å². The highest BCUT2D eigenvalue weighted by Crippen LogP contribution is 2.28. The second kappa shape index (κ2) is 7.17. The minimum atomic E-state index is 0.431. The monoisotopic (exact) mass is 376 g/mol. The first-order valence-electron chi connectivity index (χ1n) is 8.43. The Morgan fingerprint density at radius 1 is 1.04 bits per heavy atom. The highest BCUT2D eigenvalue weighted by Gasteiger charge is 2.10. The molecule has 2 aromatic carbocycles. The summed E-state index contributed by atoms with van der Waals surface area (Å²) >= 11 is 6.02. The van der Waals surface area contributed by atoms with Crippen molar-refractivity contribution >= 4 is 34.2 Å². The minimum Gasteiger partial charge on any atom is -0.267 e. The molecule has 0 aliphatic heterocycles. The lowest BCUT2D eigenvalue weighted by molar-refractivity contribution is 0.759. The van der Waals surface area contributed by atoms with Crippen molar-refractivity contribution in [3.8, 4) is 11.3 Å². The summed E-state index contributed by atoms with van der Waals surface area (Å²) in [5, 5.41) is 10.2. The van der Waals surface area contributed by atoms with Gasteiger partial charge in [-0.05, 0) is 31.2 Å². The third-order valence-electron chi connectivity index (χ3n) is 4.24. The Kier molecular flexibility index (Phi) is 4.56. The molecule has 1 N–H and O–H groups in total. The highest BCUT2D eigenvalue weighted by atomic mass is 35.5. The number of aryl methyl sites for hydroxylation is 1. The highest BCUT2D eigenvalue weighted by molar-refractivity contribution is 6.30. The van der Waals surface area contributed by atoms with Gasteiger partial charge in [-0.2, -0.15) is 10.2 Å². The van der Waals surface area contributed by atoms with Crippen LogP contribution in [0.3, 0.4) is 0 Å². The Labute approximate surface area is 161 Å². The number of halogens is 1. The molecule has 0 aliphatic rings. The van der Waals surface area contributed by atoms with E-state index in [4.69, 9.17) is 11.6 Å². The van der Waals surface area contributed by atoms with Crippen LogP contribution < -0.4 is 5.43 Å². The van der Waals surface area contributed by atoms with Gasteiger partial charge in [0.1, 0.15) is 0 Å². The number of hydrazone groups is 1. The molecule has 2 aromatic heterocycles. The van der Waals surface area contributed by atoms with Gasteiger partial charge in [0.15, 0.2) is 0 Å². The minimum absolute atomic E-state index is 0.431. The summed E-state index contributed by atoms with van der Waals surface area (Å²) in [6, 6.07) is 17.4. The summed E-state index contributed by atoms with van der Waals surface area (Å²) in [6.45, 7) is 1.91. The quantitative estimate of drug-likeness (QED) is 0.420. The SMILES string of the molecule is C/C(=N\Nc1nc(-c2ccc(Cl)cc2)c2ccccc2n1)c1ccnn1C. The molecule has 4 aromatic rings. The second-order valence-electron chi connectivity index (χ2n) is 6.07. The molecule has 6 nitrogen and oxygen atoms in total. The van der Waals surface area contributed by atoms with E-state index in [9.17, 15) is 0 Å². The maximum atomic E-state index is 6.02. The average Bonchev–Trinajstić information content (AvgIpc) is 3.12. The Balaban J connectivity index is 1.76. The molecule has 134 valence electrons. The number of aromatic nitrogens is 4. The predicted octanol–water partition coefficient (Wildman–Crippen LogP) is 4.52. The molecule has 4 rings (SSSR count). The van der Waals surface area contributed by atoms with Gasteiger partial charge in [-0.1, -0.05) is 41.9 Å². The smallest absolute Gasteiger partial charge is 0.244 e. The number of nitrogens with zero attached hydrogens (tertiary/aromatic N) is 5. The number of hydrogen-bond donors (Lipinski definition) is 1. The Bertz CT molecular complexity index is 1130. The number of rotatable bonds is 4. The van der Waals surface area contributed by atoms with E-state index in [1.807, 2.05) is 68.6 Å². The maximum Gasteiger partial charge on any atom is 0.244 e. The lowest BCUT2D eigenvalue weighted by Crippen LogP contribution is -2.07. The van der Waals surface area contributed by atoms with E-state index in [0.717, 1.165) is 33.6 Å². The van der Waals surface area contributed by atoms with Gasteiger partial charge >= 0.3 is 0 Å². The first-order chi connectivity index (χ1) is 13.1. The third-order valence-corrected chi connectivity index (χ3v) is 4.49. The summed E-state index contributed by atoms with van der Waals surface area (Å²) in [5.74, 6) is 0.431. The molecule has 0 unspecified atom stereocenters. The standard InChI is InChI=1S/C20H17ClN6/c1-13(18-11-12-22-27(18)2)25-26-20-23-17-6-4-3-5-16(17)19(24-20)14-7-9-15(21)10-8-14/h3-12H,1-2H3,(H,23,24,26)/b25-13+. The fourth-order valence-electron chi connectivity index (χ4n) is 2.87. The van der Waals surface area contributed by atoms with Gasteiger partial charge < -0.3 is 0 Å². The van der Waals surface area contributed by atoms with Crippen LogP contribution in [0.5, 0.6) is 0 Å². The van der Waals surface area contributed by atoms with Crippen molar-refractivity contribution in [3.05, 3.63) is 71.5 Å². The summed E-state index contributed by atoms with van der Waals surface area (Å²) in [5.41, 5.74) is 7.32. The summed E-state index contributed by atoms with van der Waals surface area (Å²) in [4.78, 5) is 9.26. The molecule has 27 heavy (non-hydrogen) atoms. The van der Waals surface area contributed by atoms with Crippen LogP contribution >= 0.6 is 11.6 Å². The molecule has 0 saturated heterocycles. The molecule has 0 fully saturated rings. The number of benzene rings is 2. The van der Waals surface area contributed by atoms with Crippen LogP contribution in [0, 0.1) is 0 Å². The van der Waals surface area contributed by atoms with Crippen molar-refractivity contribution in [1.29, 1.82) is 0 Å². The molecule has 0 atom stereocenters. The zero-order chi connectivity index (χ0) is 18.8. The molecular weight excluding hydrogens is 360 g/mol. The van der Waals surface area contributed by atoms with Crippen molar-refractivity contribution in [3.63, 3.8) is 0 Å². The average molecular weight is 377 g/mol. The van der Waals surface area contributed by atoms with Crippen molar-refractivity contribution in [2.24, 2.45) is 12.1 Å². The molecule has 0 radical (unpaired) electrons. The van der Waals surface area contributed by atoms with E-state index in [-0.39, 0.29) is 0 Å². The third kappa shape index (κ3) is 3.52. The first-order valence-corrected chi connectivity index (χ1v) is 8.81. The van der Waals surface area contributed by atoms with Gasteiger partial charge in [0.05, 0.1) is 22.6 Å². The van der Waals surface area contributed by atoms with E-state index >= 15 is 0 Å². The van der Waals surface area contributed by atoms with E-state index in [2.05, 4.69) is 25.6 Å². The normalized spacial score (nSPS) is 11.7. The second-order valence-corrected chi connectivity index (χ2v) is 6.51. The fourth-order valence-corrected chi connectivity index (χ4v) is 3.00. The van der Waals surface area contributed by atoms with E-state index < -0.39 is 0 Å². The van der Waals surface area contributed by atoms with E-state index in [1.54, 1.807) is 10.9 Å². The molecule has 0 bridgehead atoms. The number of para-hydroxylation sites is 1. The van der Waals surface area contributed by atoms with Crippen LogP contribution in [-0.4, -0.2) is 25.5 Å². The molecule has 0 saturated carbocycles. The Morgan fingerprint density at radius 2 is 1.81 bits per heavy atom. The van der Waals surface area contributed by atoms with Gasteiger partial charge in [0.2, 0.25) is 5.95 Å².